The molecule has 3 rings (SSSR count). The molecule has 1 amide bonds. The Hall–Kier alpha value is -3.56. The highest BCUT2D eigenvalue weighted by molar-refractivity contribution is 9.10. The van der Waals surface area contributed by atoms with Gasteiger partial charge < -0.3 is 15.4 Å². The summed E-state index contributed by atoms with van der Waals surface area (Å²) in [5, 5.41) is 15.0. The molecule has 0 saturated heterocycles. The smallest absolute Gasteiger partial charge is 0.267 e. The number of hydrogen-bond acceptors (Lipinski definition) is 4. The number of nitrogens with zero attached hydrogens (tertiary/aromatic N) is 1. The van der Waals surface area contributed by atoms with Crippen molar-refractivity contribution in [2.75, 3.05) is 5.32 Å². The molecule has 2 N–H and O–H groups in total. The minimum atomic E-state index is -0.483. The number of hydrogen-bond donors (Lipinski definition) is 2. The van der Waals surface area contributed by atoms with Gasteiger partial charge in [0.2, 0.25) is 0 Å². The van der Waals surface area contributed by atoms with E-state index in [4.69, 9.17) is 4.74 Å². The average Bonchev–Trinajstić information content (AvgIpc) is 2.74. The standard InChI is InChI=1S/C23H18BrN3O2/c24-22-9-5-4-6-17(22)15-26-16-18(14-25)23(28)27-19-10-12-21(13-11-19)29-20-7-2-1-3-8-20/h1-13,16,26H,15H2,(H,27,28)/b18-16-. The number of anilines is 1. The zero-order valence-electron chi connectivity index (χ0n) is 15.4. The maximum atomic E-state index is 12.3. The molecule has 0 fully saturated rings. The van der Waals surface area contributed by atoms with Gasteiger partial charge in [-0.3, -0.25) is 4.79 Å². The number of nitriles is 1. The Labute approximate surface area is 177 Å². The van der Waals surface area contributed by atoms with Gasteiger partial charge in [0.15, 0.2) is 0 Å². The quantitative estimate of drug-likeness (QED) is 0.376. The molecule has 0 unspecified atom stereocenters. The van der Waals surface area contributed by atoms with Crippen LogP contribution in [0.4, 0.5) is 5.69 Å². The number of benzene rings is 3. The highest BCUT2D eigenvalue weighted by atomic mass is 79.9. The number of para-hydroxylation sites is 1. The van der Waals surface area contributed by atoms with E-state index in [0.717, 1.165) is 15.8 Å². The molecular weight excluding hydrogens is 430 g/mol. The van der Waals surface area contributed by atoms with Gasteiger partial charge in [0, 0.05) is 22.9 Å². The Morgan fingerprint density at radius 2 is 1.62 bits per heavy atom. The third-order valence-corrected chi connectivity index (χ3v) is 4.73. The van der Waals surface area contributed by atoms with Gasteiger partial charge in [0.25, 0.3) is 5.91 Å². The molecule has 0 heterocycles. The summed E-state index contributed by atoms with van der Waals surface area (Å²) in [5.74, 6) is 0.902. The lowest BCUT2D eigenvalue weighted by molar-refractivity contribution is -0.112. The van der Waals surface area contributed by atoms with Crippen LogP contribution in [-0.2, 0) is 11.3 Å². The lowest BCUT2D eigenvalue weighted by atomic mass is 10.2. The monoisotopic (exact) mass is 447 g/mol. The van der Waals surface area contributed by atoms with Crippen LogP contribution in [0.1, 0.15) is 5.56 Å². The third-order valence-electron chi connectivity index (χ3n) is 3.95. The molecule has 0 radical (unpaired) electrons. The summed E-state index contributed by atoms with van der Waals surface area (Å²) < 4.78 is 6.68. The molecular formula is C23H18BrN3O2. The van der Waals surface area contributed by atoms with Crippen molar-refractivity contribution < 1.29 is 9.53 Å². The highest BCUT2D eigenvalue weighted by Crippen LogP contribution is 2.22. The number of carbonyl (C=O) groups excluding carboxylic acids is 1. The van der Waals surface area contributed by atoms with E-state index in [9.17, 15) is 10.1 Å². The predicted molar refractivity (Wildman–Crippen MR) is 116 cm³/mol. The third kappa shape index (κ3) is 5.96. The van der Waals surface area contributed by atoms with E-state index in [2.05, 4.69) is 26.6 Å². The highest BCUT2D eigenvalue weighted by Gasteiger charge is 2.09. The van der Waals surface area contributed by atoms with Gasteiger partial charge in [0.05, 0.1) is 0 Å². The lowest BCUT2D eigenvalue weighted by Crippen LogP contribution is -2.16. The molecule has 0 aliphatic heterocycles. The van der Waals surface area contributed by atoms with E-state index >= 15 is 0 Å². The Kier molecular flexibility index (Phi) is 7.04. The fraction of sp³-hybridized carbons (Fsp3) is 0.0435. The molecule has 0 saturated carbocycles. The second kappa shape index (κ2) is 10.1. The second-order valence-electron chi connectivity index (χ2n) is 6.04. The van der Waals surface area contributed by atoms with Crippen molar-refractivity contribution in [2.45, 2.75) is 6.54 Å². The topological polar surface area (TPSA) is 74.2 Å². The zero-order valence-corrected chi connectivity index (χ0v) is 17.0. The van der Waals surface area contributed by atoms with Crippen molar-refractivity contribution in [1.82, 2.24) is 5.32 Å². The van der Waals surface area contributed by atoms with Gasteiger partial charge in [-0.15, -0.1) is 0 Å². The maximum absolute atomic E-state index is 12.3. The summed E-state index contributed by atoms with van der Waals surface area (Å²) in [4.78, 5) is 12.3. The maximum Gasteiger partial charge on any atom is 0.267 e. The Balaban J connectivity index is 1.57. The first-order chi connectivity index (χ1) is 14.2. The molecule has 3 aromatic rings. The predicted octanol–water partition coefficient (Wildman–Crippen LogP) is 5.38. The summed E-state index contributed by atoms with van der Waals surface area (Å²) >= 11 is 3.47. The van der Waals surface area contributed by atoms with Gasteiger partial charge in [-0.25, -0.2) is 0 Å². The van der Waals surface area contributed by atoms with Gasteiger partial charge in [0.1, 0.15) is 23.1 Å². The molecule has 0 aliphatic carbocycles. The molecule has 3 aromatic carbocycles. The Bertz CT molecular complexity index is 1040. The summed E-state index contributed by atoms with van der Waals surface area (Å²) in [6, 6.07) is 26.0. The molecule has 144 valence electrons. The second-order valence-corrected chi connectivity index (χ2v) is 6.89. The molecule has 0 aliphatic rings. The van der Waals surface area contributed by atoms with E-state index in [1.807, 2.05) is 60.7 Å². The van der Waals surface area contributed by atoms with E-state index in [1.165, 1.54) is 6.20 Å². The van der Waals surface area contributed by atoms with Crippen molar-refractivity contribution >= 4 is 27.5 Å². The largest absolute Gasteiger partial charge is 0.457 e. The van der Waals surface area contributed by atoms with Crippen LogP contribution in [0.25, 0.3) is 0 Å². The number of ether oxygens (including phenoxy) is 1. The number of nitrogens with one attached hydrogen (secondary N) is 2. The SMILES string of the molecule is N#C/C(=C/NCc1ccccc1Br)C(=O)Nc1ccc(Oc2ccccc2)cc1. The van der Waals surface area contributed by atoms with E-state index < -0.39 is 5.91 Å². The van der Waals surface area contributed by atoms with Crippen LogP contribution < -0.4 is 15.4 Å². The molecule has 0 atom stereocenters. The summed E-state index contributed by atoms with van der Waals surface area (Å²) in [6.07, 6.45) is 1.42. The van der Waals surface area contributed by atoms with Gasteiger partial charge in [-0.05, 0) is 48.0 Å². The molecule has 0 aromatic heterocycles. The summed E-state index contributed by atoms with van der Waals surface area (Å²) in [5.41, 5.74) is 1.58. The minimum absolute atomic E-state index is 0.0123. The molecule has 5 nitrogen and oxygen atoms in total. The molecule has 0 spiro atoms. The number of carbonyl (C=O) groups is 1. The fourth-order valence-electron chi connectivity index (χ4n) is 2.48. The number of halogens is 1. The molecule has 6 heteroatoms. The fourth-order valence-corrected chi connectivity index (χ4v) is 2.91. The van der Waals surface area contributed by atoms with Crippen LogP contribution in [0, 0.1) is 11.3 Å². The number of amides is 1. The first-order valence-electron chi connectivity index (χ1n) is 8.87. The summed E-state index contributed by atoms with van der Waals surface area (Å²) in [6.45, 7) is 0.491. The minimum Gasteiger partial charge on any atom is -0.457 e. The van der Waals surface area contributed by atoms with Crippen LogP contribution >= 0.6 is 15.9 Å². The normalized spacial score (nSPS) is 10.7. The van der Waals surface area contributed by atoms with Crippen molar-refractivity contribution in [3.8, 4) is 17.6 Å². The van der Waals surface area contributed by atoms with Crippen LogP contribution in [-0.4, -0.2) is 5.91 Å². The van der Waals surface area contributed by atoms with Crippen LogP contribution in [0.3, 0.4) is 0 Å². The first kappa shape index (κ1) is 20.2. The van der Waals surface area contributed by atoms with Crippen LogP contribution in [0.5, 0.6) is 11.5 Å². The van der Waals surface area contributed by atoms with E-state index in [-0.39, 0.29) is 5.57 Å². The Morgan fingerprint density at radius 1 is 0.966 bits per heavy atom. The van der Waals surface area contributed by atoms with Gasteiger partial charge in [-0.2, -0.15) is 5.26 Å². The van der Waals surface area contributed by atoms with Gasteiger partial charge >= 0.3 is 0 Å². The van der Waals surface area contributed by atoms with E-state index in [1.54, 1.807) is 24.3 Å². The van der Waals surface area contributed by atoms with Crippen molar-refractivity contribution in [3.63, 3.8) is 0 Å². The van der Waals surface area contributed by atoms with Crippen molar-refractivity contribution in [1.29, 1.82) is 5.26 Å². The average molecular weight is 448 g/mol. The molecule has 29 heavy (non-hydrogen) atoms. The van der Waals surface area contributed by atoms with Crippen LogP contribution in [0.15, 0.2) is 95.1 Å². The molecule has 0 bridgehead atoms. The summed E-state index contributed by atoms with van der Waals surface area (Å²) in [7, 11) is 0. The lowest BCUT2D eigenvalue weighted by Gasteiger charge is -2.08. The van der Waals surface area contributed by atoms with Crippen molar-refractivity contribution in [3.05, 3.63) is 101 Å². The van der Waals surface area contributed by atoms with E-state index in [0.29, 0.717) is 18.0 Å². The zero-order chi connectivity index (χ0) is 20.5. The first-order valence-corrected chi connectivity index (χ1v) is 9.66. The van der Waals surface area contributed by atoms with Crippen LogP contribution in [0.2, 0.25) is 0 Å². The Morgan fingerprint density at radius 3 is 2.31 bits per heavy atom. The number of rotatable bonds is 7. The van der Waals surface area contributed by atoms with Crippen molar-refractivity contribution in [2.24, 2.45) is 0 Å². The van der Waals surface area contributed by atoms with Gasteiger partial charge in [-0.1, -0.05) is 52.3 Å².